The van der Waals surface area contributed by atoms with Crippen LogP contribution in [0.5, 0.6) is 17.4 Å². The van der Waals surface area contributed by atoms with Crippen molar-refractivity contribution in [3.05, 3.63) is 6.20 Å². The summed E-state index contributed by atoms with van der Waals surface area (Å²) >= 11 is 0. The lowest BCUT2D eigenvalue weighted by atomic mass is 10.4. The summed E-state index contributed by atoms with van der Waals surface area (Å²) in [5, 5.41) is 0. The Labute approximate surface area is 105 Å². The summed E-state index contributed by atoms with van der Waals surface area (Å²) in [5.41, 5.74) is 0. The van der Waals surface area contributed by atoms with E-state index in [4.69, 9.17) is 18.8 Å². The fourth-order valence-corrected chi connectivity index (χ4v) is 2.06. The van der Waals surface area contributed by atoms with E-state index in [9.17, 15) is 8.42 Å². The number of fused-ring (bicyclic) bond motifs is 1. The highest BCUT2D eigenvalue weighted by molar-refractivity contribution is 7.85. The Hall–Kier alpha value is -1.41. The van der Waals surface area contributed by atoms with Crippen molar-refractivity contribution < 1.29 is 27.2 Å². The van der Waals surface area contributed by atoms with E-state index in [2.05, 4.69) is 4.98 Å². The van der Waals surface area contributed by atoms with Gasteiger partial charge in [0.05, 0.1) is 18.6 Å². The van der Waals surface area contributed by atoms with Crippen molar-refractivity contribution in [3.63, 3.8) is 0 Å². The summed E-state index contributed by atoms with van der Waals surface area (Å²) < 4.78 is 45.9. The van der Waals surface area contributed by atoms with Crippen LogP contribution < -0.4 is 14.2 Å². The minimum atomic E-state index is -3.94. The Bertz CT molecular complexity index is 508. The monoisotopic (exact) mass is 277 g/mol. The van der Waals surface area contributed by atoms with Crippen LogP contribution in [-0.2, 0) is 10.1 Å². The summed E-state index contributed by atoms with van der Waals surface area (Å²) in [6.07, 6.45) is 1.81. The molecule has 0 spiro atoms. The van der Waals surface area contributed by atoms with Gasteiger partial charge in [-0.1, -0.05) is 0 Å². The van der Waals surface area contributed by atoms with Gasteiger partial charge in [0.15, 0.2) is 5.75 Å². The molecule has 1 aromatic rings. The molecule has 2 rings (SSSR count). The molecular weight excluding hydrogens is 262 g/mol. The zero-order valence-electron chi connectivity index (χ0n) is 9.88. The molecule has 102 valence electrons. The largest absolute Gasteiger partial charge is 0.482 e. The van der Waals surface area contributed by atoms with Crippen LogP contribution in [0, 0.1) is 0 Å². The zero-order valence-corrected chi connectivity index (χ0v) is 10.7. The molecule has 0 radical (unpaired) electrons. The van der Waals surface area contributed by atoms with Gasteiger partial charge in [-0.3, -0.25) is 4.55 Å². The molecule has 0 fully saturated rings. The van der Waals surface area contributed by atoms with Gasteiger partial charge < -0.3 is 19.2 Å². The lowest BCUT2D eigenvalue weighted by molar-refractivity contribution is 0.101. The van der Waals surface area contributed by atoms with Gasteiger partial charge in [-0.15, -0.1) is 0 Å². The van der Waals surface area contributed by atoms with Gasteiger partial charge in [0.25, 0.3) is 10.1 Å². The molecule has 1 aliphatic heterocycles. The average Bonchev–Trinajstić information content (AvgIpc) is 2.65. The van der Waals surface area contributed by atoms with Gasteiger partial charge in [-0.25, -0.2) is 0 Å². The van der Waals surface area contributed by atoms with Crippen LogP contribution in [0.1, 0.15) is 13.3 Å². The maximum Gasteiger partial charge on any atom is 0.264 e. The van der Waals surface area contributed by atoms with Gasteiger partial charge in [0, 0.05) is 0 Å². The van der Waals surface area contributed by atoms with E-state index >= 15 is 0 Å². The fraction of sp³-hybridized carbons (Fsp3) is 0.600. The normalized spacial score (nSPS) is 18.7. The number of aromatic amines is 1. The Kier molecular flexibility index (Phi) is 3.67. The second-order valence-electron chi connectivity index (χ2n) is 4.04. The average molecular weight is 277 g/mol. The highest BCUT2D eigenvalue weighted by atomic mass is 32.2. The third-order valence-electron chi connectivity index (χ3n) is 2.35. The first-order chi connectivity index (χ1) is 8.46. The van der Waals surface area contributed by atoms with E-state index in [1.54, 1.807) is 6.20 Å². The first-order valence-corrected chi connectivity index (χ1v) is 7.15. The van der Waals surface area contributed by atoms with E-state index in [1.165, 1.54) is 0 Å². The quantitative estimate of drug-likeness (QED) is 0.611. The molecule has 0 amide bonds. The number of H-pyrrole nitrogens is 1. The maximum atomic E-state index is 10.5. The summed E-state index contributed by atoms with van der Waals surface area (Å²) in [4.78, 5) is 2.85. The standard InChI is InChI=1S/C10H15NO6S/c1-7-6-16-9-8(17-7)5-11-10(9)15-3-2-4-18(12,13)14/h5,7,11H,2-4,6H2,1H3,(H,12,13,14). The predicted octanol–water partition coefficient (Wildman–Crippen LogP) is 0.831. The van der Waals surface area contributed by atoms with Crippen LogP contribution >= 0.6 is 0 Å². The zero-order chi connectivity index (χ0) is 13.2. The van der Waals surface area contributed by atoms with Crippen molar-refractivity contribution in [1.82, 2.24) is 4.98 Å². The third kappa shape index (κ3) is 3.30. The summed E-state index contributed by atoms with van der Waals surface area (Å²) in [6, 6.07) is 0. The van der Waals surface area contributed by atoms with Crippen LogP contribution in [0.4, 0.5) is 0 Å². The Morgan fingerprint density at radius 1 is 1.61 bits per heavy atom. The number of hydrogen-bond acceptors (Lipinski definition) is 5. The van der Waals surface area contributed by atoms with Gasteiger partial charge in [0.2, 0.25) is 11.6 Å². The topological polar surface area (TPSA) is 97.9 Å². The number of ether oxygens (including phenoxy) is 3. The molecule has 8 heteroatoms. The minimum Gasteiger partial charge on any atom is -0.482 e. The molecule has 1 aromatic heterocycles. The van der Waals surface area contributed by atoms with Gasteiger partial charge in [0.1, 0.15) is 12.7 Å². The van der Waals surface area contributed by atoms with Crippen molar-refractivity contribution in [3.8, 4) is 17.4 Å². The molecule has 0 saturated heterocycles. The predicted molar refractivity (Wildman–Crippen MR) is 62.9 cm³/mol. The number of hydrogen-bond donors (Lipinski definition) is 2. The number of nitrogens with one attached hydrogen (secondary N) is 1. The minimum absolute atomic E-state index is 0.0133. The molecule has 0 saturated carbocycles. The third-order valence-corrected chi connectivity index (χ3v) is 3.15. The molecule has 2 heterocycles. The maximum absolute atomic E-state index is 10.5. The number of rotatable bonds is 5. The molecular formula is C10H15NO6S. The molecule has 1 unspecified atom stereocenters. The van der Waals surface area contributed by atoms with E-state index in [-0.39, 0.29) is 24.9 Å². The van der Waals surface area contributed by atoms with E-state index in [1.807, 2.05) is 6.92 Å². The molecule has 2 N–H and O–H groups in total. The van der Waals surface area contributed by atoms with Gasteiger partial charge in [-0.2, -0.15) is 8.42 Å². The van der Waals surface area contributed by atoms with Crippen molar-refractivity contribution in [2.45, 2.75) is 19.4 Å². The van der Waals surface area contributed by atoms with Crippen molar-refractivity contribution in [1.29, 1.82) is 0 Å². The van der Waals surface area contributed by atoms with Crippen molar-refractivity contribution in [2.24, 2.45) is 0 Å². The summed E-state index contributed by atoms with van der Waals surface area (Å²) in [5.74, 6) is 1.16. The summed E-state index contributed by atoms with van der Waals surface area (Å²) in [6.45, 7) is 2.49. The highest BCUT2D eigenvalue weighted by Gasteiger charge is 2.23. The van der Waals surface area contributed by atoms with E-state index in [0.29, 0.717) is 24.0 Å². The lowest BCUT2D eigenvalue weighted by Gasteiger charge is -2.21. The van der Waals surface area contributed by atoms with Gasteiger partial charge >= 0.3 is 0 Å². The Morgan fingerprint density at radius 2 is 2.39 bits per heavy atom. The van der Waals surface area contributed by atoms with Crippen molar-refractivity contribution in [2.75, 3.05) is 19.0 Å². The molecule has 0 aromatic carbocycles. The Balaban J connectivity index is 1.87. The molecule has 18 heavy (non-hydrogen) atoms. The van der Waals surface area contributed by atoms with Crippen LogP contribution in [0.25, 0.3) is 0 Å². The van der Waals surface area contributed by atoms with Crippen LogP contribution in [-0.4, -0.2) is 43.0 Å². The van der Waals surface area contributed by atoms with Crippen LogP contribution in [0.15, 0.2) is 6.20 Å². The second-order valence-corrected chi connectivity index (χ2v) is 5.61. The van der Waals surface area contributed by atoms with Crippen LogP contribution in [0.3, 0.4) is 0 Å². The summed E-state index contributed by atoms with van der Waals surface area (Å²) in [7, 11) is -3.94. The molecule has 1 aliphatic rings. The molecule has 1 atom stereocenters. The van der Waals surface area contributed by atoms with E-state index in [0.717, 1.165) is 0 Å². The molecule has 0 bridgehead atoms. The SMILES string of the molecule is CC1COc2c(c[nH]c2OCCCS(=O)(=O)O)O1. The smallest absolute Gasteiger partial charge is 0.264 e. The van der Waals surface area contributed by atoms with E-state index < -0.39 is 10.1 Å². The molecule has 0 aliphatic carbocycles. The lowest BCUT2D eigenvalue weighted by Crippen LogP contribution is -2.25. The fourth-order valence-electron chi connectivity index (χ4n) is 1.57. The first-order valence-electron chi connectivity index (χ1n) is 5.54. The van der Waals surface area contributed by atoms with Gasteiger partial charge in [-0.05, 0) is 13.3 Å². The van der Waals surface area contributed by atoms with Crippen LogP contribution in [0.2, 0.25) is 0 Å². The first kappa shape index (κ1) is 13.0. The second kappa shape index (κ2) is 5.07. The molecule has 7 nitrogen and oxygen atoms in total. The Morgan fingerprint density at radius 3 is 3.11 bits per heavy atom. The number of aromatic nitrogens is 1. The van der Waals surface area contributed by atoms with Crippen molar-refractivity contribution >= 4 is 10.1 Å². The highest BCUT2D eigenvalue weighted by Crippen LogP contribution is 2.40.